The Balaban J connectivity index is 1.89. The number of benzene rings is 3. The van der Waals surface area contributed by atoms with E-state index in [-0.39, 0.29) is 6.04 Å². The van der Waals surface area contributed by atoms with Crippen LogP contribution in [-0.2, 0) is 13.1 Å². The van der Waals surface area contributed by atoms with Gasteiger partial charge < -0.3 is 19.7 Å². The number of phenolic OH excluding ortho intramolecular Hbond substituents is 1. The third kappa shape index (κ3) is 6.41. The minimum Gasteiger partial charge on any atom is -0.508 e. The maximum atomic E-state index is 10.0. The van der Waals surface area contributed by atoms with E-state index in [1.54, 1.807) is 13.2 Å². The van der Waals surface area contributed by atoms with E-state index in [2.05, 4.69) is 66.2 Å². The van der Waals surface area contributed by atoms with Crippen molar-refractivity contribution >= 4 is 0 Å². The Bertz CT molecular complexity index is 1270. The molecule has 5 nitrogen and oxygen atoms in total. The number of unbranched alkanes of at least 4 members (excludes halogenated alkanes) is 2. The third-order valence-corrected chi connectivity index (χ3v) is 6.78. The molecule has 1 unspecified atom stereocenters. The first kappa shape index (κ1) is 26.5. The summed E-state index contributed by atoms with van der Waals surface area (Å²) in [4.78, 5) is 5.31. The molecule has 4 aromatic rings. The van der Waals surface area contributed by atoms with Crippen LogP contribution in [0.25, 0.3) is 22.6 Å². The van der Waals surface area contributed by atoms with E-state index in [9.17, 15) is 5.11 Å². The van der Waals surface area contributed by atoms with Gasteiger partial charge in [0.1, 0.15) is 17.3 Å². The number of nitrogens with zero attached hydrogens (tertiary/aromatic N) is 2. The van der Waals surface area contributed by atoms with Crippen molar-refractivity contribution in [3.8, 4) is 34.1 Å². The van der Waals surface area contributed by atoms with Crippen molar-refractivity contribution < 1.29 is 9.84 Å². The Hall–Kier alpha value is -3.57. The monoisotopic (exact) mass is 497 g/mol. The number of methoxy groups -OCH3 is 1. The van der Waals surface area contributed by atoms with Gasteiger partial charge in [-0.25, -0.2) is 4.98 Å². The van der Waals surface area contributed by atoms with Gasteiger partial charge in [-0.2, -0.15) is 0 Å². The van der Waals surface area contributed by atoms with E-state index in [1.807, 2.05) is 30.3 Å². The number of hydrogen-bond donors (Lipinski definition) is 2. The molecule has 0 saturated carbocycles. The predicted octanol–water partition coefficient (Wildman–Crippen LogP) is 7.75. The highest BCUT2D eigenvalue weighted by atomic mass is 16.5. The lowest BCUT2D eigenvalue weighted by Crippen LogP contribution is -2.24. The molecule has 0 aliphatic rings. The standard InChI is InChI=1S/C32H39N3O2/c1-4-6-19-28(33-23-24-14-13-17-26(36)22-24)31-30(27-18-11-12-20-29(27)37-3)34-32(35(31)21-7-5-2)25-15-9-8-10-16-25/h8-18,20,22,28,33,36H,4-7,19,21,23H2,1-3H3. The number of aromatic nitrogens is 2. The molecule has 37 heavy (non-hydrogen) atoms. The van der Waals surface area contributed by atoms with Gasteiger partial charge in [-0.05, 0) is 42.7 Å². The van der Waals surface area contributed by atoms with E-state index in [0.717, 1.165) is 72.6 Å². The molecule has 0 fully saturated rings. The summed E-state index contributed by atoms with van der Waals surface area (Å²) in [5.74, 6) is 2.11. The van der Waals surface area contributed by atoms with Crippen LogP contribution in [0.5, 0.6) is 11.5 Å². The number of phenols is 1. The first-order valence-electron chi connectivity index (χ1n) is 13.5. The lowest BCUT2D eigenvalue weighted by atomic mass is 9.99. The highest BCUT2D eigenvalue weighted by Crippen LogP contribution is 2.39. The Labute approximate surface area is 221 Å². The van der Waals surface area contributed by atoms with E-state index in [4.69, 9.17) is 9.72 Å². The SMILES string of the molecule is CCCCC(NCc1cccc(O)c1)c1c(-c2ccccc2OC)nc(-c2ccccc2)n1CCCC. The van der Waals surface area contributed by atoms with Crippen molar-refractivity contribution in [1.82, 2.24) is 14.9 Å². The van der Waals surface area contributed by atoms with Crippen LogP contribution in [-0.4, -0.2) is 21.8 Å². The largest absolute Gasteiger partial charge is 0.508 e. The number of rotatable bonds is 13. The number of hydrogen-bond acceptors (Lipinski definition) is 4. The molecule has 1 aromatic heterocycles. The lowest BCUT2D eigenvalue weighted by molar-refractivity contribution is 0.415. The molecule has 0 spiro atoms. The molecule has 0 aliphatic carbocycles. The molecule has 5 heteroatoms. The topological polar surface area (TPSA) is 59.3 Å². The van der Waals surface area contributed by atoms with Crippen molar-refractivity contribution in [1.29, 1.82) is 0 Å². The Morgan fingerprint density at radius 3 is 2.41 bits per heavy atom. The first-order valence-corrected chi connectivity index (χ1v) is 13.5. The zero-order valence-electron chi connectivity index (χ0n) is 22.3. The number of aromatic hydroxyl groups is 1. The fourth-order valence-electron chi connectivity index (χ4n) is 4.86. The summed E-state index contributed by atoms with van der Waals surface area (Å²) in [5.41, 5.74) is 5.35. The second kappa shape index (κ2) is 13.1. The molecule has 194 valence electrons. The van der Waals surface area contributed by atoms with Crippen molar-refractivity contribution in [2.45, 2.75) is 65.1 Å². The average Bonchev–Trinajstić information content (AvgIpc) is 3.31. The minimum absolute atomic E-state index is 0.0871. The predicted molar refractivity (Wildman–Crippen MR) is 152 cm³/mol. The maximum Gasteiger partial charge on any atom is 0.140 e. The number of imidazole rings is 1. The quantitative estimate of drug-likeness (QED) is 0.198. The van der Waals surface area contributed by atoms with Crippen LogP contribution in [0.15, 0.2) is 78.9 Å². The van der Waals surface area contributed by atoms with Gasteiger partial charge in [-0.15, -0.1) is 0 Å². The first-order chi connectivity index (χ1) is 18.2. The summed E-state index contributed by atoms with van der Waals surface area (Å²) in [7, 11) is 1.72. The van der Waals surface area contributed by atoms with Gasteiger partial charge in [0.2, 0.25) is 0 Å². The molecular weight excluding hydrogens is 458 g/mol. The highest BCUT2D eigenvalue weighted by Gasteiger charge is 2.27. The van der Waals surface area contributed by atoms with Gasteiger partial charge in [0.05, 0.1) is 24.5 Å². The summed E-state index contributed by atoms with van der Waals surface area (Å²) >= 11 is 0. The normalized spacial score (nSPS) is 12.0. The molecule has 0 radical (unpaired) electrons. The molecule has 1 heterocycles. The van der Waals surface area contributed by atoms with Crippen LogP contribution < -0.4 is 10.1 Å². The van der Waals surface area contributed by atoms with Crippen LogP contribution in [0, 0.1) is 0 Å². The van der Waals surface area contributed by atoms with Crippen LogP contribution in [0.4, 0.5) is 0 Å². The Morgan fingerprint density at radius 2 is 1.68 bits per heavy atom. The highest BCUT2D eigenvalue weighted by molar-refractivity contribution is 5.73. The summed E-state index contributed by atoms with van der Waals surface area (Å²) in [6.07, 6.45) is 5.38. The summed E-state index contributed by atoms with van der Waals surface area (Å²) in [6, 6.07) is 26.2. The maximum absolute atomic E-state index is 10.0. The molecule has 0 bridgehead atoms. The summed E-state index contributed by atoms with van der Waals surface area (Å²) in [5, 5.41) is 13.8. The van der Waals surface area contributed by atoms with Crippen molar-refractivity contribution in [3.63, 3.8) is 0 Å². The van der Waals surface area contributed by atoms with Crippen LogP contribution in [0.1, 0.15) is 63.3 Å². The van der Waals surface area contributed by atoms with Crippen molar-refractivity contribution in [2.75, 3.05) is 7.11 Å². The molecule has 2 N–H and O–H groups in total. The van der Waals surface area contributed by atoms with Crippen LogP contribution >= 0.6 is 0 Å². The lowest BCUT2D eigenvalue weighted by Gasteiger charge is -2.23. The van der Waals surface area contributed by atoms with Gasteiger partial charge in [-0.3, -0.25) is 0 Å². The van der Waals surface area contributed by atoms with E-state index >= 15 is 0 Å². The van der Waals surface area contributed by atoms with Gasteiger partial charge in [0, 0.05) is 24.2 Å². The third-order valence-electron chi connectivity index (χ3n) is 6.78. The fraction of sp³-hybridized carbons (Fsp3) is 0.344. The van der Waals surface area contributed by atoms with Crippen molar-refractivity contribution in [2.24, 2.45) is 0 Å². The molecule has 3 aromatic carbocycles. The zero-order chi connectivity index (χ0) is 26.0. The van der Waals surface area contributed by atoms with Gasteiger partial charge >= 0.3 is 0 Å². The molecular formula is C32H39N3O2. The molecule has 4 rings (SSSR count). The second-order valence-electron chi connectivity index (χ2n) is 9.49. The smallest absolute Gasteiger partial charge is 0.140 e. The average molecular weight is 498 g/mol. The minimum atomic E-state index is 0.0871. The zero-order valence-corrected chi connectivity index (χ0v) is 22.3. The summed E-state index contributed by atoms with van der Waals surface area (Å²) < 4.78 is 8.22. The molecule has 0 amide bonds. The van der Waals surface area contributed by atoms with E-state index in [0.29, 0.717) is 12.3 Å². The molecule has 0 aliphatic heterocycles. The fourth-order valence-corrected chi connectivity index (χ4v) is 4.86. The van der Waals surface area contributed by atoms with E-state index < -0.39 is 0 Å². The number of ether oxygens (including phenoxy) is 1. The molecule has 0 saturated heterocycles. The second-order valence-corrected chi connectivity index (χ2v) is 9.49. The van der Waals surface area contributed by atoms with Gasteiger partial charge in [0.25, 0.3) is 0 Å². The van der Waals surface area contributed by atoms with E-state index in [1.165, 1.54) is 5.69 Å². The Kier molecular flexibility index (Phi) is 9.39. The van der Waals surface area contributed by atoms with Gasteiger partial charge in [0.15, 0.2) is 0 Å². The Morgan fingerprint density at radius 1 is 0.919 bits per heavy atom. The van der Waals surface area contributed by atoms with Crippen LogP contribution in [0.2, 0.25) is 0 Å². The van der Waals surface area contributed by atoms with Gasteiger partial charge in [-0.1, -0.05) is 87.7 Å². The number of para-hydroxylation sites is 1. The van der Waals surface area contributed by atoms with Crippen LogP contribution in [0.3, 0.4) is 0 Å². The summed E-state index contributed by atoms with van der Waals surface area (Å²) in [6.45, 7) is 6.02. The number of nitrogens with one attached hydrogen (secondary N) is 1. The van der Waals surface area contributed by atoms with Crippen molar-refractivity contribution in [3.05, 3.63) is 90.1 Å². The molecule has 1 atom stereocenters.